The maximum absolute atomic E-state index is 14.0. The molecule has 0 aliphatic heterocycles. The van der Waals surface area contributed by atoms with Crippen LogP contribution in [-0.4, -0.2) is 44.3 Å². The van der Waals surface area contributed by atoms with Crippen LogP contribution in [0.4, 0.5) is 5.69 Å². The van der Waals surface area contributed by atoms with E-state index < -0.39 is 28.5 Å². The number of sulfonamides is 1. The topological polar surface area (TPSA) is 86.8 Å². The number of carbonyl (C=O) groups is 2. The number of hydrogen-bond donors (Lipinski definition) is 1. The van der Waals surface area contributed by atoms with Crippen LogP contribution < -0.4 is 9.62 Å². The molecular formula is C30H35Cl2N3O4S. The molecule has 0 saturated heterocycles. The first-order chi connectivity index (χ1) is 18.9. The van der Waals surface area contributed by atoms with Gasteiger partial charge < -0.3 is 10.2 Å². The second-order valence-electron chi connectivity index (χ2n) is 9.80. The average Bonchev–Trinajstić information content (AvgIpc) is 2.94. The minimum atomic E-state index is -4.12. The lowest BCUT2D eigenvalue weighted by molar-refractivity contribution is -0.139. The van der Waals surface area contributed by atoms with Crippen LogP contribution in [0.2, 0.25) is 10.0 Å². The number of halogens is 2. The van der Waals surface area contributed by atoms with Gasteiger partial charge in [-0.15, -0.1) is 0 Å². The van der Waals surface area contributed by atoms with Gasteiger partial charge in [0, 0.05) is 23.1 Å². The Balaban J connectivity index is 2.04. The van der Waals surface area contributed by atoms with E-state index in [1.807, 2.05) is 32.9 Å². The lowest BCUT2D eigenvalue weighted by Gasteiger charge is -2.32. The van der Waals surface area contributed by atoms with Crippen molar-refractivity contribution in [1.29, 1.82) is 0 Å². The normalized spacial score (nSPS) is 12.2. The molecule has 7 nitrogen and oxygen atoms in total. The Kier molecular flexibility index (Phi) is 11.0. The number of benzene rings is 3. The molecule has 0 spiro atoms. The lowest BCUT2D eigenvalue weighted by atomic mass is 10.0. The minimum absolute atomic E-state index is 0.0128. The van der Waals surface area contributed by atoms with E-state index in [0.29, 0.717) is 27.8 Å². The van der Waals surface area contributed by atoms with Crippen molar-refractivity contribution in [3.8, 4) is 0 Å². The fourth-order valence-corrected chi connectivity index (χ4v) is 5.99. The van der Waals surface area contributed by atoms with Crippen LogP contribution in [0.5, 0.6) is 0 Å². The molecule has 0 aromatic heterocycles. The van der Waals surface area contributed by atoms with Gasteiger partial charge in [-0.1, -0.05) is 80.4 Å². The van der Waals surface area contributed by atoms with Gasteiger partial charge in [-0.2, -0.15) is 0 Å². The number of anilines is 1. The fourth-order valence-electron chi connectivity index (χ4n) is 4.09. The van der Waals surface area contributed by atoms with Crippen LogP contribution in [0.25, 0.3) is 0 Å². The Morgan fingerprint density at radius 2 is 1.57 bits per heavy atom. The molecule has 10 heteroatoms. The number of hydrogen-bond acceptors (Lipinski definition) is 4. The number of rotatable bonds is 12. The average molecular weight is 605 g/mol. The van der Waals surface area contributed by atoms with Gasteiger partial charge >= 0.3 is 0 Å². The smallest absolute Gasteiger partial charge is 0.264 e. The summed E-state index contributed by atoms with van der Waals surface area (Å²) in [7, 11) is -4.12. The molecule has 0 saturated carbocycles. The minimum Gasteiger partial charge on any atom is -0.354 e. The third-order valence-corrected chi connectivity index (χ3v) is 8.91. The molecule has 214 valence electrons. The molecule has 1 unspecified atom stereocenters. The number of nitrogens with one attached hydrogen (secondary N) is 1. The Bertz CT molecular complexity index is 1410. The van der Waals surface area contributed by atoms with Crippen molar-refractivity contribution < 1.29 is 18.0 Å². The van der Waals surface area contributed by atoms with E-state index in [1.165, 1.54) is 17.0 Å². The summed E-state index contributed by atoms with van der Waals surface area (Å²) in [5.41, 5.74) is 1.95. The SMILES string of the molecule is CCCNC(=O)C(C)N(Cc1ccc(Cl)cc1Cl)C(=O)CN(c1ccc(C(C)C)cc1)S(=O)(=O)c1ccccc1. The zero-order valence-corrected chi connectivity index (χ0v) is 25.4. The van der Waals surface area contributed by atoms with E-state index in [2.05, 4.69) is 5.32 Å². The van der Waals surface area contributed by atoms with E-state index >= 15 is 0 Å². The van der Waals surface area contributed by atoms with Crippen molar-refractivity contribution in [1.82, 2.24) is 10.2 Å². The molecule has 0 radical (unpaired) electrons. The summed E-state index contributed by atoms with van der Waals surface area (Å²) < 4.78 is 28.8. The summed E-state index contributed by atoms with van der Waals surface area (Å²) in [5.74, 6) is -0.659. The number of nitrogens with zero attached hydrogens (tertiary/aromatic N) is 2. The second-order valence-corrected chi connectivity index (χ2v) is 12.5. The fraction of sp³-hybridized carbons (Fsp3) is 0.333. The van der Waals surface area contributed by atoms with Gasteiger partial charge in [0.15, 0.2) is 0 Å². The van der Waals surface area contributed by atoms with E-state index in [4.69, 9.17) is 23.2 Å². The summed E-state index contributed by atoms with van der Waals surface area (Å²) >= 11 is 12.5. The molecular weight excluding hydrogens is 569 g/mol. The first-order valence-corrected chi connectivity index (χ1v) is 15.3. The summed E-state index contributed by atoms with van der Waals surface area (Å²) in [6.45, 7) is 7.54. The van der Waals surface area contributed by atoms with Crippen molar-refractivity contribution in [2.45, 2.75) is 57.5 Å². The predicted molar refractivity (Wildman–Crippen MR) is 161 cm³/mol. The van der Waals surface area contributed by atoms with Crippen molar-refractivity contribution in [3.05, 3.63) is 94.0 Å². The van der Waals surface area contributed by atoms with E-state index in [0.717, 1.165) is 16.3 Å². The van der Waals surface area contributed by atoms with Gasteiger partial charge in [-0.3, -0.25) is 13.9 Å². The lowest BCUT2D eigenvalue weighted by Crippen LogP contribution is -2.51. The maximum Gasteiger partial charge on any atom is 0.264 e. The van der Waals surface area contributed by atoms with Crippen LogP contribution in [0.15, 0.2) is 77.7 Å². The quantitative estimate of drug-likeness (QED) is 0.265. The van der Waals surface area contributed by atoms with Crippen LogP contribution >= 0.6 is 23.2 Å². The first-order valence-electron chi connectivity index (χ1n) is 13.1. The highest BCUT2D eigenvalue weighted by Crippen LogP contribution is 2.27. The molecule has 0 heterocycles. The Morgan fingerprint density at radius 1 is 0.925 bits per heavy atom. The van der Waals surface area contributed by atoms with E-state index in [1.54, 1.807) is 55.5 Å². The third kappa shape index (κ3) is 7.77. The predicted octanol–water partition coefficient (Wildman–Crippen LogP) is 6.26. The van der Waals surface area contributed by atoms with Crippen molar-refractivity contribution in [3.63, 3.8) is 0 Å². The van der Waals surface area contributed by atoms with Gasteiger partial charge in [0.25, 0.3) is 10.0 Å². The van der Waals surface area contributed by atoms with E-state index in [9.17, 15) is 18.0 Å². The van der Waals surface area contributed by atoms with Crippen LogP contribution in [0.3, 0.4) is 0 Å². The van der Waals surface area contributed by atoms with Gasteiger partial charge in [0.1, 0.15) is 12.6 Å². The van der Waals surface area contributed by atoms with Gasteiger partial charge in [0.05, 0.1) is 10.6 Å². The Morgan fingerprint density at radius 3 is 2.15 bits per heavy atom. The summed E-state index contributed by atoms with van der Waals surface area (Å²) in [6.07, 6.45) is 0.727. The third-order valence-electron chi connectivity index (χ3n) is 6.53. The zero-order valence-electron chi connectivity index (χ0n) is 23.1. The first kappa shape index (κ1) is 31.5. The molecule has 0 fully saturated rings. The number of amides is 2. The molecule has 0 aliphatic carbocycles. The molecule has 3 aromatic rings. The Labute approximate surface area is 247 Å². The van der Waals surface area contributed by atoms with Gasteiger partial charge in [-0.05, 0) is 66.8 Å². The monoisotopic (exact) mass is 603 g/mol. The summed E-state index contributed by atoms with van der Waals surface area (Å²) in [4.78, 5) is 28.3. The van der Waals surface area contributed by atoms with Crippen LogP contribution in [0.1, 0.15) is 51.2 Å². The van der Waals surface area contributed by atoms with Crippen molar-refractivity contribution in [2.24, 2.45) is 0 Å². The molecule has 3 rings (SSSR count). The highest BCUT2D eigenvalue weighted by Gasteiger charge is 2.32. The molecule has 1 N–H and O–H groups in total. The highest BCUT2D eigenvalue weighted by molar-refractivity contribution is 7.92. The standard InChI is InChI=1S/C30H35Cl2N3O4S/c1-5-17-33-30(37)22(4)34(19-24-11-14-25(31)18-28(24)32)29(36)20-35(26-15-12-23(13-16-26)21(2)3)40(38,39)27-9-7-6-8-10-27/h6-16,18,21-22H,5,17,19-20H2,1-4H3,(H,33,37). The van der Waals surface area contributed by atoms with E-state index in [-0.39, 0.29) is 23.3 Å². The molecule has 40 heavy (non-hydrogen) atoms. The zero-order chi connectivity index (χ0) is 29.4. The van der Waals surface area contributed by atoms with Crippen molar-refractivity contribution >= 4 is 50.7 Å². The molecule has 1 atom stereocenters. The largest absolute Gasteiger partial charge is 0.354 e. The summed E-state index contributed by atoms with van der Waals surface area (Å²) in [5, 5.41) is 3.59. The van der Waals surface area contributed by atoms with Gasteiger partial charge in [-0.25, -0.2) is 8.42 Å². The van der Waals surface area contributed by atoms with Crippen molar-refractivity contribution in [2.75, 3.05) is 17.4 Å². The maximum atomic E-state index is 14.0. The molecule has 2 amide bonds. The summed E-state index contributed by atoms with van der Waals surface area (Å²) in [6, 6.07) is 19.0. The number of carbonyl (C=O) groups excluding carboxylic acids is 2. The van der Waals surface area contributed by atoms with Gasteiger partial charge in [0.2, 0.25) is 11.8 Å². The molecule has 0 bridgehead atoms. The highest BCUT2D eigenvalue weighted by atomic mass is 35.5. The molecule has 3 aromatic carbocycles. The van der Waals surface area contributed by atoms with Crippen LogP contribution in [0, 0.1) is 0 Å². The molecule has 0 aliphatic rings. The second kappa shape index (κ2) is 14.0. The Hall–Kier alpha value is -3.07. The van der Waals surface area contributed by atoms with Crippen LogP contribution in [-0.2, 0) is 26.2 Å².